The molecule has 3 rings (SSSR count). The fraction of sp³-hybridized carbons (Fsp3) is 0.286. The van der Waals surface area contributed by atoms with E-state index in [-0.39, 0.29) is 40.2 Å². The number of halogens is 3. The highest BCUT2D eigenvalue weighted by Gasteiger charge is 2.34. The van der Waals surface area contributed by atoms with Crippen LogP contribution in [0, 0.1) is 6.92 Å². The molecular formula is C21H19F3N4O5. The smallest absolute Gasteiger partial charge is 0.417 e. The van der Waals surface area contributed by atoms with Gasteiger partial charge in [0.2, 0.25) is 0 Å². The number of fused-ring (bicyclic) bond motifs is 1. The molecule has 2 aromatic heterocycles. The number of carbonyl (C=O) groups excluding carboxylic acids is 3. The number of nitrogens with zero attached hydrogens (tertiary/aromatic N) is 2. The predicted octanol–water partition coefficient (Wildman–Crippen LogP) is 3.61. The third-order valence-corrected chi connectivity index (χ3v) is 4.57. The van der Waals surface area contributed by atoms with E-state index < -0.39 is 35.8 Å². The summed E-state index contributed by atoms with van der Waals surface area (Å²) in [6.45, 7) is 4.68. The number of benzene rings is 1. The van der Waals surface area contributed by atoms with E-state index in [4.69, 9.17) is 9.26 Å². The van der Waals surface area contributed by atoms with E-state index in [1.807, 2.05) is 5.32 Å². The number of esters is 1. The highest BCUT2D eigenvalue weighted by Crippen LogP contribution is 2.37. The molecule has 12 heteroatoms. The van der Waals surface area contributed by atoms with Crippen molar-refractivity contribution < 1.29 is 36.8 Å². The van der Waals surface area contributed by atoms with Gasteiger partial charge in [-0.25, -0.2) is 14.6 Å². The third kappa shape index (κ3) is 5.10. The van der Waals surface area contributed by atoms with E-state index in [0.717, 1.165) is 12.1 Å². The maximum atomic E-state index is 13.5. The standard InChI is InChI=1S/C21H19F3N4O5/c1-4-25-20(31)27-17(29)11(3)32-19(30)13-9-15(26-18-16(13)10(2)28-33-18)12-7-5-6-8-14(12)21(22,23)24/h5-9,11H,4H2,1-3H3,(H2,25,27,29,31). The number of carbonyl (C=O) groups is 3. The molecule has 9 nitrogen and oxygen atoms in total. The minimum Gasteiger partial charge on any atom is -0.449 e. The van der Waals surface area contributed by atoms with Crippen molar-refractivity contribution >= 4 is 29.0 Å². The normalized spacial score (nSPS) is 12.3. The van der Waals surface area contributed by atoms with Gasteiger partial charge < -0.3 is 14.6 Å². The van der Waals surface area contributed by atoms with Gasteiger partial charge in [0.15, 0.2) is 6.10 Å². The summed E-state index contributed by atoms with van der Waals surface area (Å²) >= 11 is 0. The van der Waals surface area contributed by atoms with Gasteiger partial charge in [-0.2, -0.15) is 13.2 Å². The Kier molecular flexibility index (Phi) is 6.65. The number of alkyl halides is 3. The van der Waals surface area contributed by atoms with Crippen molar-refractivity contribution in [3.8, 4) is 11.3 Å². The molecule has 2 N–H and O–H groups in total. The Balaban J connectivity index is 2.00. The van der Waals surface area contributed by atoms with E-state index in [0.29, 0.717) is 0 Å². The summed E-state index contributed by atoms with van der Waals surface area (Å²) in [6.07, 6.45) is -6.05. The topological polar surface area (TPSA) is 123 Å². The van der Waals surface area contributed by atoms with Gasteiger partial charge in [-0.15, -0.1) is 0 Å². The van der Waals surface area contributed by atoms with Crippen LogP contribution in [0.3, 0.4) is 0 Å². The van der Waals surface area contributed by atoms with Gasteiger partial charge in [-0.1, -0.05) is 23.4 Å². The summed E-state index contributed by atoms with van der Waals surface area (Å²) in [5.41, 5.74) is -1.55. The first-order chi connectivity index (χ1) is 15.5. The van der Waals surface area contributed by atoms with E-state index in [1.165, 1.54) is 32.0 Å². The zero-order valence-corrected chi connectivity index (χ0v) is 17.7. The Labute approximate surface area is 185 Å². The molecular weight excluding hydrogens is 445 g/mol. The molecule has 1 aromatic carbocycles. The Morgan fingerprint density at radius 1 is 1.21 bits per heavy atom. The Hall–Kier alpha value is -3.96. The molecule has 0 fully saturated rings. The summed E-state index contributed by atoms with van der Waals surface area (Å²) in [5, 5.41) is 8.21. The lowest BCUT2D eigenvalue weighted by molar-refractivity contribution is -0.137. The Morgan fingerprint density at radius 2 is 1.91 bits per heavy atom. The van der Waals surface area contributed by atoms with Gasteiger partial charge in [0.05, 0.1) is 27.9 Å². The van der Waals surface area contributed by atoms with Gasteiger partial charge in [0, 0.05) is 12.1 Å². The van der Waals surface area contributed by atoms with E-state index in [2.05, 4.69) is 15.5 Å². The van der Waals surface area contributed by atoms with E-state index >= 15 is 0 Å². The number of aryl methyl sites for hydroxylation is 1. The molecule has 174 valence electrons. The van der Waals surface area contributed by atoms with Gasteiger partial charge in [-0.05, 0) is 32.9 Å². The van der Waals surface area contributed by atoms with Crippen LogP contribution in [-0.2, 0) is 15.7 Å². The molecule has 0 spiro atoms. The van der Waals surface area contributed by atoms with Crippen molar-refractivity contribution in [2.75, 3.05) is 6.54 Å². The summed E-state index contributed by atoms with van der Waals surface area (Å²) in [5.74, 6) is -1.91. The van der Waals surface area contributed by atoms with Gasteiger partial charge in [-0.3, -0.25) is 10.1 Å². The van der Waals surface area contributed by atoms with Crippen LogP contribution < -0.4 is 10.6 Å². The van der Waals surface area contributed by atoms with Crippen LogP contribution in [0.2, 0.25) is 0 Å². The van der Waals surface area contributed by atoms with Crippen molar-refractivity contribution in [2.24, 2.45) is 0 Å². The predicted molar refractivity (Wildman–Crippen MR) is 109 cm³/mol. The molecule has 0 saturated heterocycles. The fourth-order valence-electron chi connectivity index (χ4n) is 3.04. The number of urea groups is 1. The number of aromatic nitrogens is 2. The van der Waals surface area contributed by atoms with Gasteiger partial charge >= 0.3 is 18.2 Å². The average molecular weight is 464 g/mol. The highest BCUT2D eigenvalue weighted by molar-refractivity contribution is 6.05. The molecule has 0 aliphatic carbocycles. The fourth-order valence-corrected chi connectivity index (χ4v) is 3.04. The molecule has 3 amide bonds. The molecule has 0 bridgehead atoms. The zero-order valence-electron chi connectivity index (χ0n) is 17.7. The second kappa shape index (κ2) is 9.27. The number of ether oxygens (including phenoxy) is 1. The van der Waals surface area contributed by atoms with Crippen molar-refractivity contribution in [1.82, 2.24) is 20.8 Å². The summed E-state index contributed by atoms with van der Waals surface area (Å²) < 4.78 is 50.7. The summed E-state index contributed by atoms with van der Waals surface area (Å²) in [7, 11) is 0. The van der Waals surface area contributed by atoms with Crippen molar-refractivity contribution in [1.29, 1.82) is 0 Å². The van der Waals surface area contributed by atoms with Crippen LogP contribution in [0.25, 0.3) is 22.4 Å². The molecule has 0 radical (unpaired) electrons. The molecule has 0 aliphatic heterocycles. The molecule has 1 unspecified atom stereocenters. The average Bonchev–Trinajstić information content (AvgIpc) is 3.13. The molecule has 0 saturated carbocycles. The summed E-state index contributed by atoms with van der Waals surface area (Å²) in [4.78, 5) is 40.6. The minimum atomic E-state index is -4.67. The van der Waals surface area contributed by atoms with Gasteiger partial charge in [0.1, 0.15) is 0 Å². The molecule has 2 heterocycles. The third-order valence-electron chi connectivity index (χ3n) is 4.57. The first-order valence-electron chi connectivity index (χ1n) is 9.76. The number of nitrogens with one attached hydrogen (secondary N) is 2. The quantitative estimate of drug-likeness (QED) is 0.553. The van der Waals surface area contributed by atoms with Gasteiger partial charge in [0.25, 0.3) is 11.6 Å². The van der Waals surface area contributed by atoms with Crippen molar-refractivity contribution in [3.63, 3.8) is 0 Å². The number of hydrogen-bond donors (Lipinski definition) is 2. The lowest BCUT2D eigenvalue weighted by atomic mass is 10.0. The molecule has 0 aliphatic rings. The molecule has 33 heavy (non-hydrogen) atoms. The Morgan fingerprint density at radius 3 is 2.58 bits per heavy atom. The van der Waals surface area contributed by atoms with Crippen molar-refractivity contribution in [2.45, 2.75) is 33.1 Å². The first kappa shape index (κ1) is 23.7. The highest BCUT2D eigenvalue weighted by atomic mass is 19.4. The molecule has 3 aromatic rings. The minimum absolute atomic E-state index is 0.129. The van der Waals surface area contributed by atoms with E-state index in [9.17, 15) is 27.6 Å². The largest absolute Gasteiger partial charge is 0.449 e. The lowest BCUT2D eigenvalue weighted by Crippen LogP contribution is -2.44. The second-order valence-electron chi connectivity index (χ2n) is 6.94. The number of imide groups is 1. The van der Waals surface area contributed by atoms with Crippen LogP contribution in [-0.4, -0.2) is 40.7 Å². The monoisotopic (exact) mass is 464 g/mol. The van der Waals surface area contributed by atoms with E-state index in [1.54, 1.807) is 6.92 Å². The number of rotatable bonds is 5. The van der Waals surface area contributed by atoms with Crippen LogP contribution in [0.1, 0.15) is 35.5 Å². The number of hydrogen-bond acceptors (Lipinski definition) is 7. The van der Waals surface area contributed by atoms with Crippen LogP contribution >= 0.6 is 0 Å². The number of amides is 3. The van der Waals surface area contributed by atoms with Crippen LogP contribution in [0.5, 0.6) is 0 Å². The zero-order chi connectivity index (χ0) is 24.3. The molecule has 1 atom stereocenters. The summed E-state index contributed by atoms with van der Waals surface area (Å²) in [6, 6.07) is 5.07. The maximum Gasteiger partial charge on any atom is 0.417 e. The lowest BCUT2D eigenvalue weighted by Gasteiger charge is -2.15. The van der Waals surface area contributed by atoms with Crippen LogP contribution in [0.15, 0.2) is 34.9 Å². The SMILES string of the molecule is CCNC(=O)NC(=O)C(C)OC(=O)c1cc(-c2ccccc2C(F)(F)F)nc2onc(C)c12. The number of pyridine rings is 1. The maximum absolute atomic E-state index is 13.5. The first-order valence-corrected chi connectivity index (χ1v) is 9.76. The van der Waals surface area contributed by atoms with Crippen LogP contribution in [0.4, 0.5) is 18.0 Å². The second-order valence-corrected chi connectivity index (χ2v) is 6.94. The van der Waals surface area contributed by atoms with Crippen molar-refractivity contribution in [3.05, 3.63) is 47.2 Å². The Bertz CT molecular complexity index is 1220.